The third-order valence-electron chi connectivity index (χ3n) is 6.05. The molecule has 8 nitrogen and oxygen atoms in total. The van der Waals surface area contributed by atoms with Crippen LogP contribution in [0.3, 0.4) is 0 Å². The molecular weight excluding hydrogens is 446 g/mol. The van der Waals surface area contributed by atoms with Gasteiger partial charge in [0.1, 0.15) is 23.3 Å². The molecule has 0 heterocycles. The first kappa shape index (κ1) is 28.0. The Kier molecular flexibility index (Phi) is 10.9. The molecule has 35 heavy (non-hydrogen) atoms. The van der Waals surface area contributed by atoms with Crippen molar-refractivity contribution in [1.82, 2.24) is 15.5 Å². The molecule has 0 spiro atoms. The van der Waals surface area contributed by atoms with Crippen LogP contribution in [0.4, 0.5) is 0 Å². The molecule has 0 radical (unpaired) electrons. The average Bonchev–Trinajstić information content (AvgIpc) is 2.88. The molecule has 0 bridgehead atoms. The van der Waals surface area contributed by atoms with Crippen LogP contribution in [-0.2, 0) is 4.79 Å². The zero-order valence-electron chi connectivity index (χ0n) is 21.9. The molecule has 0 aliphatic heterocycles. The van der Waals surface area contributed by atoms with E-state index in [0.717, 1.165) is 24.4 Å². The highest BCUT2D eigenvalue weighted by Gasteiger charge is 2.27. The van der Waals surface area contributed by atoms with E-state index in [-0.39, 0.29) is 23.8 Å². The van der Waals surface area contributed by atoms with E-state index in [1.165, 1.54) is 14.2 Å². The molecule has 8 heteroatoms. The van der Waals surface area contributed by atoms with Crippen molar-refractivity contribution >= 4 is 11.8 Å². The van der Waals surface area contributed by atoms with Gasteiger partial charge in [-0.2, -0.15) is 0 Å². The fourth-order valence-corrected chi connectivity index (χ4v) is 3.98. The second kappa shape index (κ2) is 13.6. The van der Waals surface area contributed by atoms with Crippen LogP contribution in [0.1, 0.15) is 49.7 Å². The summed E-state index contributed by atoms with van der Waals surface area (Å²) in [5.74, 6) is 1.05. The Bertz CT molecular complexity index is 953. The Labute approximate surface area is 208 Å². The van der Waals surface area contributed by atoms with Crippen molar-refractivity contribution in [3.63, 3.8) is 0 Å². The van der Waals surface area contributed by atoms with Crippen molar-refractivity contribution in [3.8, 4) is 17.2 Å². The van der Waals surface area contributed by atoms with Crippen LogP contribution in [0.5, 0.6) is 17.2 Å². The summed E-state index contributed by atoms with van der Waals surface area (Å²) in [5.41, 5.74) is 1.42. The molecule has 0 saturated heterocycles. The van der Waals surface area contributed by atoms with E-state index < -0.39 is 6.04 Å². The molecule has 2 amide bonds. The molecule has 2 unspecified atom stereocenters. The molecule has 2 rings (SSSR count). The number of methoxy groups -OCH3 is 3. The number of ether oxygens (including phenoxy) is 3. The number of carbonyl (C=O) groups excluding carboxylic acids is 2. The van der Waals surface area contributed by atoms with Gasteiger partial charge in [-0.3, -0.25) is 14.5 Å². The van der Waals surface area contributed by atoms with Gasteiger partial charge in [0.2, 0.25) is 5.91 Å². The maximum absolute atomic E-state index is 13.2. The molecule has 2 N–H and O–H groups in total. The first-order valence-electron chi connectivity index (χ1n) is 12.0. The summed E-state index contributed by atoms with van der Waals surface area (Å²) in [5, 5.41) is 5.94. The number of hydrogen-bond donors (Lipinski definition) is 2. The van der Waals surface area contributed by atoms with Gasteiger partial charge in [0.15, 0.2) is 0 Å². The maximum Gasteiger partial charge on any atom is 0.252 e. The maximum atomic E-state index is 13.2. The first-order chi connectivity index (χ1) is 16.8. The van der Waals surface area contributed by atoms with Gasteiger partial charge in [-0.05, 0) is 48.8 Å². The Hall–Kier alpha value is -3.26. The summed E-state index contributed by atoms with van der Waals surface area (Å²) >= 11 is 0. The van der Waals surface area contributed by atoms with Crippen molar-refractivity contribution in [1.29, 1.82) is 0 Å². The molecule has 2 aromatic carbocycles. The zero-order chi connectivity index (χ0) is 26.0. The Balaban J connectivity index is 2.19. The lowest BCUT2D eigenvalue weighted by molar-refractivity contribution is -0.124. The van der Waals surface area contributed by atoms with Gasteiger partial charge in [-0.1, -0.05) is 39.8 Å². The SMILES string of the molecule is CCN(CC)C(CNC(=O)C(NC(=O)c1cc(OC)cc(OC)c1)C(C)C)c1cccc(OC)c1. The lowest BCUT2D eigenvalue weighted by Gasteiger charge is -2.31. The van der Waals surface area contributed by atoms with E-state index in [2.05, 4.69) is 29.4 Å². The van der Waals surface area contributed by atoms with Crippen molar-refractivity contribution in [2.75, 3.05) is 41.0 Å². The molecule has 2 aromatic rings. The van der Waals surface area contributed by atoms with Crippen molar-refractivity contribution in [2.24, 2.45) is 5.92 Å². The number of amides is 2. The molecule has 0 aliphatic carbocycles. The number of carbonyl (C=O) groups is 2. The van der Waals surface area contributed by atoms with Crippen LogP contribution in [0, 0.1) is 5.92 Å². The van der Waals surface area contributed by atoms with E-state index in [9.17, 15) is 9.59 Å². The van der Waals surface area contributed by atoms with E-state index in [1.807, 2.05) is 38.1 Å². The van der Waals surface area contributed by atoms with E-state index in [0.29, 0.717) is 23.6 Å². The molecule has 0 aliphatic rings. The monoisotopic (exact) mass is 485 g/mol. The van der Waals surface area contributed by atoms with Gasteiger partial charge < -0.3 is 24.8 Å². The highest BCUT2D eigenvalue weighted by Crippen LogP contribution is 2.25. The van der Waals surface area contributed by atoms with E-state index >= 15 is 0 Å². The van der Waals surface area contributed by atoms with Gasteiger partial charge >= 0.3 is 0 Å². The normalized spacial score (nSPS) is 12.7. The summed E-state index contributed by atoms with van der Waals surface area (Å²) in [4.78, 5) is 28.5. The van der Waals surface area contributed by atoms with Crippen LogP contribution >= 0.6 is 0 Å². The summed E-state index contributed by atoms with van der Waals surface area (Å²) < 4.78 is 15.9. The van der Waals surface area contributed by atoms with Gasteiger partial charge in [0, 0.05) is 18.2 Å². The molecule has 0 fully saturated rings. The summed E-state index contributed by atoms with van der Waals surface area (Å²) in [6.45, 7) is 10.1. The second-order valence-corrected chi connectivity index (χ2v) is 8.56. The van der Waals surface area contributed by atoms with Crippen molar-refractivity contribution < 1.29 is 23.8 Å². The standard InChI is InChI=1S/C27H39N3O5/c1-8-30(9-2)24(19-11-10-12-21(13-19)33-5)17-28-27(32)25(18(3)4)29-26(31)20-14-22(34-6)16-23(15-20)35-7/h10-16,18,24-25H,8-9,17H2,1-7H3,(H,28,32)(H,29,31). The van der Waals surface area contributed by atoms with Crippen LogP contribution in [0.25, 0.3) is 0 Å². The Morgan fingerprint density at radius 2 is 1.49 bits per heavy atom. The van der Waals surface area contributed by atoms with Crippen LogP contribution in [0.15, 0.2) is 42.5 Å². The zero-order valence-corrected chi connectivity index (χ0v) is 21.9. The Morgan fingerprint density at radius 3 is 2.00 bits per heavy atom. The van der Waals surface area contributed by atoms with Gasteiger partial charge in [-0.15, -0.1) is 0 Å². The van der Waals surface area contributed by atoms with Gasteiger partial charge in [0.05, 0.1) is 27.4 Å². The van der Waals surface area contributed by atoms with E-state index in [4.69, 9.17) is 14.2 Å². The lowest BCUT2D eigenvalue weighted by Crippen LogP contribution is -2.51. The van der Waals surface area contributed by atoms with Crippen molar-refractivity contribution in [2.45, 2.75) is 39.8 Å². The van der Waals surface area contributed by atoms with E-state index in [1.54, 1.807) is 25.3 Å². The Morgan fingerprint density at radius 1 is 0.886 bits per heavy atom. The van der Waals surface area contributed by atoms with Gasteiger partial charge in [-0.25, -0.2) is 0 Å². The predicted molar refractivity (Wildman–Crippen MR) is 137 cm³/mol. The minimum Gasteiger partial charge on any atom is -0.497 e. The van der Waals surface area contributed by atoms with Gasteiger partial charge in [0.25, 0.3) is 5.91 Å². The first-order valence-corrected chi connectivity index (χ1v) is 12.0. The van der Waals surface area contributed by atoms with Crippen molar-refractivity contribution in [3.05, 3.63) is 53.6 Å². The fourth-order valence-electron chi connectivity index (χ4n) is 3.98. The number of benzene rings is 2. The third kappa shape index (κ3) is 7.62. The number of nitrogens with zero attached hydrogens (tertiary/aromatic N) is 1. The highest BCUT2D eigenvalue weighted by molar-refractivity contribution is 5.98. The molecule has 0 saturated carbocycles. The summed E-state index contributed by atoms with van der Waals surface area (Å²) in [6, 6.07) is 12.1. The topological polar surface area (TPSA) is 89.1 Å². The third-order valence-corrected chi connectivity index (χ3v) is 6.05. The van der Waals surface area contributed by atoms with Crippen LogP contribution in [0.2, 0.25) is 0 Å². The minimum atomic E-state index is -0.706. The quantitative estimate of drug-likeness (QED) is 0.450. The average molecular weight is 486 g/mol. The highest BCUT2D eigenvalue weighted by atomic mass is 16.5. The smallest absolute Gasteiger partial charge is 0.252 e. The summed E-state index contributed by atoms with van der Waals surface area (Å²) in [7, 11) is 4.69. The fraction of sp³-hybridized carbons (Fsp3) is 0.481. The number of likely N-dealkylation sites (N-methyl/N-ethyl adjacent to an activating group) is 1. The minimum absolute atomic E-state index is 0.0322. The second-order valence-electron chi connectivity index (χ2n) is 8.56. The molecular formula is C27H39N3O5. The largest absolute Gasteiger partial charge is 0.497 e. The number of rotatable bonds is 13. The molecule has 2 atom stereocenters. The molecule has 0 aromatic heterocycles. The van der Waals surface area contributed by atoms with Crippen LogP contribution in [-0.4, -0.2) is 63.7 Å². The van der Waals surface area contributed by atoms with Crippen LogP contribution < -0.4 is 24.8 Å². The number of hydrogen-bond acceptors (Lipinski definition) is 6. The number of nitrogens with one attached hydrogen (secondary N) is 2. The predicted octanol–water partition coefficient (Wildman–Crippen LogP) is 3.67. The molecule has 192 valence electrons. The lowest BCUT2D eigenvalue weighted by atomic mass is 10.0. The summed E-state index contributed by atoms with van der Waals surface area (Å²) in [6.07, 6.45) is 0.